The van der Waals surface area contributed by atoms with Gasteiger partial charge in [-0.25, -0.2) is 4.79 Å². The summed E-state index contributed by atoms with van der Waals surface area (Å²) in [4.78, 5) is 31.7. The Morgan fingerprint density at radius 1 is 1.03 bits per heavy atom. The molecule has 0 radical (unpaired) electrons. The van der Waals surface area contributed by atoms with Crippen molar-refractivity contribution in [1.29, 1.82) is 0 Å². The second-order valence-electron chi connectivity index (χ2n) is 10.8. The van der Waals surface area contributed by atoms with E-state index in [2.05, 4.69) is 38.1 Å². The largest absolute Gasteiger partial charge is 0.460 e. The number of esters is 1. The van der Waals surface area contributed by atoms with E-state index in [0.29, 0.717) is 24.3 Å². The number of allylic oxidation sites excluding steroid dienone is 1. The number of aliphatic imine (C=N–C) groups is 1. The number of carbonyl (C=O) groups excluding carboxylic acids is 2. The van der Waals surface area contributed by atoms with Gasteiger partial charge in [-0.3, -0.25) is 9.79 Å². The van der Waals surface area contributed by atoms with Gasteiger partial charge in [-0.2, -0.15) is 0 Å². The van der Waals surface area contributed by atoms with E-state index in [-0.39, 0.29) is 23.9 Å². The molecule has 2 heterocycles. The lowest BCUT2D eigenvalue weighted by atomic mass is 9.63. The van der Waals surface area contributed by atoms with Crippen LogP contribution in [0, 0.1) is 11.3 Å². The fourth-order valence-electron chi connectivity index (χ4n) is 5.75. The molecule has 1 saturated carbocycles. The van der Waals surface area contributed by atoms with Crippen molar-refractivity contribution in [3.63, 3.8) is 0 Å². The topological polar surface area (TPSA) is 65.0 Å². The smallest absolute Gasteiger partial charge is 0.336 e. The maximum absolute atomic E-state index is 13.5. The first-order chi connectivity index (χ1) is 16.8. The van der Waals surface area contributed by atoms with Crippen molar-refractivity contribution < 1.29 is 19.1 Å². The highest BCUT2D eigenvalue weighted by molar-refractivity contribution is 6.12. The first kappa shape index (κ1) is 23.7. The summed E-state index contributed by atoms with van der Waals surface area (Å²) >= 11 is 0. The second kappa shape index (κ2) is 9.54. The lowest BCUT2D eigenvalue weighted by Crippen LogP contribution is -2.44. The van der Waals surface area contributed by atoms with Crippen LogP contribution in [0.1, 0.15) is 57.9 Å². The molecule has 35 heavy (non-hydrogen) atoms. The number of fused-ring (bicyclic) bond motifs is 1. The molecule has 0 aromatic heterocycles. The standard InChI is InChI=1S/C30H33NO4/c1-19-26(29(33)35-18-23-10-7-15-34-23)27(28-24(31-19)16-30(2,3)17-25(28)32)22-13-11-21(12-14-22)20-8-5-4-6-9-20/h4-6,8-9,11-14,23,27-28H,7,10,15-18H2,1-3H3/t23-,27-,28-/m1/s1. The van der Waals surface area contributed by atoms with Crippen molar-refractivity contribution in [1.82, 2.24) is 0 Å². The number of ether oxygens (including phenoxy) is 2. The normalized spacial score (nSPS) is 25.7. The molecule has 1 saturated heterocycles. The zero-order chi connectivity index (χ0) is 24.6. The molecule has 0 bridgehead atoms. The van der Waals surface area contributed by atoms with Crippen molar-refractivity contribution in [2.45, 2.75) is 58.5 Å². The number of rotatable bonds is 5. The van der Waals surface area contributed by atoms with Crippen molar-refractivity contribution in [2.24, 2.45) is 16.3 Å². The molecule has 2 aromatic rings. The SMILES string of the molecule is CC1=C(C(=O)OC[C@H]2CCCO2)[C@@H](c2ccc(-c3ccccc3)cc2)[C@H]2C(=O)CC(C)(C)CC2=N1. The van der Waals surface area contributed by atoms with Crippen LogP contribution in [0.25, 0.3) is 11.1 Å². The molecule has 5 nitrogen and oxygen atoms in total. The molecule has 5 heteroatoms. The van der Waals surface area contributed by atoms with Crippen LogP contribution in [0.5, 0.6) is 0 Å². The van der Waals surface area contributed by atoms with E-state index in [1.807, 2.05) is 37.3 Å². The van der Waals surface area contributed by atoms with Gasteiger partial charge in [-0.05, 0) is 48.3 Å². The van der Waals surface area contributed by atoms with E-state index in [4.69, 9.17) is 14.5 Å². The van der Waals surface area contributed by atoms with Gasteiger partial charge in [0.2, 0.25) is 0 Å². The summed E-state index contributed by atoms with van der Waals surface area (Å²) in [6.07, 6.45) is 3.06. The third kappa shape index (κ3) is 4.87. The van der Waals surface area contributed by atoms with E-state index in [1.165, 1.54) is 0 Å². The fraction of sp³-hybridized carbons (Fsp3) is 0.433. The molecule has 5 rings (SSSR count). The average Bonchev–Trinajstić information content (AvgIpc) is 3.35. The van der Waals surface area contributed by atoms with Crippen molar-refractivity contribution in [3.05, 3.63) is 71.4 Å². The number of hydrogen-bond donors (Lipinski definition) is 0. The Kier molecular flexibility index (Phi) is 6.45. The Labute approximate surface area is 207 Å². The van der Waals surface area contributed by atoms with Crippen LogP contribution in [0.2, 0.25) is 0 Å². The zero-order valence-corrected chi connectivity index (χ0v) is 20.8. The average molecular weight is 472 g/mol. The molecule has 3 atom stereocenters. The lowest BCUT2D eigenvalue weighted by Gasteiger charge is -2.41. The highest BCUT2D eigenvalue weighted by Crippen LogP contribution is 2.47. The van der Waals surface area contributed by atoms with Crippen molar-refractivity contribution in [2.75, 3.05) is 13.2 Å². The van der Waals surface area contributed by atoms with Gasteiger partial charge in [0, 0.05) is 30.4 Å². The van der Waals surface area contributed by atoms with Gasteiger partial charge in [-0.1, -0.05) is 68.4 Å². The quantitative estimate of drug-likeness (QED) is 0.510. The Morgan fingerprint density at radius 3 is 2.43 bits per heavy atom. The van der Waals surface area contributed by atoms with Crippen LogP contribution >= 0.6 is 0 Å². The molecule has 1 aliphatic carbocycles. The summed E-state index contributed by atoms with van der Waals surface area (Å²) in [6.45, 7) is 7.02. The van der Waals surface area contributed by atoms with Crippen LogP contribution in [0.15, 0.2) is 70.9 Å². The molecular weight excluding hydrogens is 438 g/mol. The first-order valence-electron chi connectivity index (χ1n) is 12.6. The summed E-state index contributed by atoms with van der Waals surface area (Å²) in [5, 5.41) is 0. The van der Waals surface area contributed by atoms with Crippen LogP contribution in [0.4, 0.5) is 0 Å². The Hall–Kier alpha value is -3.05. The van der Waals surface area contributed by atoms with E-state index in [9.17, 15) is 9.59 Å². The Morgan fingerprint density at radius 2 is 1.74 bits per heavy atom. The van der Waals surface area contributed by atoms with Crippen LogP contribution in [-0.4, -0.2) is 36.8 Å². The van der Waals surface area contributed by atoms with Gasteiger partial charge < -0.3 is 9.47 Å². The molecule has 2 fully saturated rings. The van der Waals surface area contributed by atoms with Gasteiger partial charge in [-0.15, -0.1) is 0 Å². The number of Topliss-reactive ketones (excluding diaryl/α,β-unsaturated/α-hetero) is 1. The highest BCUT2D eigenvalue weighted by atomic mass is 16.6. The third-order valence-electron chi connectivity index (χ3n) is 7.38. The molecule has 0 spiro atoms. The van der Waals surface area contributed by atoms with E-state index in [0.717, 1.165) is 41.7 Å². The molecule has 2 aromatic carbocycles. The molecule has 2 aliphatic heterocycles. The maximum atomic E-state index is 13.5. The monoisotopic (exact) mass is 471 g/mol. The summed E-state index contributed by atoms with van der Waals surface area (Å²) in [5.41, 5.74) is 5.07. The first-order valence-corrected chi connectivity index (χ1v) is 12.6. The van der Waals surface area contributed by atoms with Gasteiger partial charge in [0.1, 0.15) is 12.4 Å². The highest BCUT2D eigenvalue weighted by Gasteiger charge is 2.47. The summed E-state index contributed by atoms with van der Waals surface area (Å²) in [5.74, 6) is -1.07. The van der Waals surface area contributed by atoms with E-state index in [1.54, 1.807) is 0 Å². The minimum absolute atomic E-state index is 0.0526. The second-order valence-corrected chi connectivity index (χ2v) is 10.8. The molecule has 182 valence electrons. The van der Waals surface area contributed by atoms with E-state index >= 15 is 0 Å². The number of ketones is 1. The molecule has 0 N–H and O–H groups in total. The number of hydrogen-bond acceptors (Lipinski definition) is 5. The molecule has 3 aliphatic rings. The van der Waals surface area contributed by atoms with Crippen molar-refractivity contribution in [3.8, 4) is 11.1 Å². The van der Waals surface area contributed by atoms with Gasteiger partial charge >= 0.3 is 5.97 Å². The van der Waals surface area contributed by atoms with Crippen LogP contribution < -0.4 is 0 Å². The summed E-state index contributed by atoms with van der Waals surface area (Å²) < 4.78 is 11.4. The zero-order valence-electron chi connectivity index (χ0n) is 20.8. The summed E-state index contributed by atoms with van der Waals surface area (Å²) in [6, 6.07) is 18.4. The predicted octanol–water partition coefficient (Wildman–Crippen LogP) is 5.89. The lowest BCUT2D eigenvalue weighted by molar-refractivity contribution is -0.142. The number of benzene rings is 2. The Balaban J connectivity index is 1.51. The maximum Gasteiger partial charge on any atom is 0.336 e. The minimum Gasteiger partial charge on any atom is -0.460 e. The van der Waals surface area contributed by atoms with Gasteiger partial charge in [0.15, 0.2) is 0 Å². The summed E-state index contributed by atoms with van der Waals surface area (Å²) in [7, 11) is 0. The molecule has 0 unspecified atom stereocenters. The van der Waals surface area contributed by atoms with Gasteiger partial charge in [0.05, 0.1) is 17.6 Å². The van der Waals surface area contributed by atoms with Crippen LogP contribution in [-0.2, 0) is 19.1 Å². The van der Waals surface area contributed by atoms with Gasteiger partial charge in [0.25, 0.3) is 0 Å². The predicted molar refractivity (Wildman–Crippen MR) is 136 cm³/mol. The van der Waals surface area contributed by atoms with E-state index < -0.39 is 17.8 Å². The minimum atomic E-state index is -0.431. The Bertz CT molecular complexity index is 1170. The molecular formula is C30H33NO4. The fourth-order valence-corrected chi connectivity index (χ4v) is 5.75. The third-order valence-corrected chi connectivity index (χ3v) is 7.38. The van der Waals surface area contributed by atoms with Crippen molar-refractivity contribution >= 4 is 17.5 Å². The molecule has 0 amide bonds. The number of nitrogens with zero attached hydrogens (tertiary/aromatic N) is 1. The number of carbonyl (C=O) groups is 2. The van der Waals surface area contributed by atoms with Crippen LogP contribution in [0.3, 0.4) is 0 Å².